The van der Waals surface area contributed by atoms with Crippen molar-refractivity contribution < 1.29 is 22.7 Å². The third kappa shape index (κ3) is 7.88. The smallest absolute Gasteiger partial charge is 0.383 e. The van der Waals surface area contributed by atoms with E-state index >= 15 is 0 Å². The van der Waals surface area contributed by atoms with Gasteiger partial charge in [-0.2, -0.15) is 13.2 Å². The Balaban J connectivity index is 2.70. The SMILES string of the molecule is COCCNC(=NCc1ccc(C(F)(F)F)cc1)NCC(=O)N(C)C. The largest absolute Gasteiger partial charge is 0.416 e. The fourth-order valence-electron chi connectivity index (χ4n) is 1.73. The predicted molar refractivity (Wildman–Crippen MR) is 89.2 cm³/mol. The molecule has 0 aliphatic carbocycles. The lowest BCUT2D eigenvalue weighted by atomic mass is 10.1. The van der Waals surface area contributed by atoms with E-state index < -0.39 is 11.7 Å². The van der Waals surface area contributed by atoms with E-state index in [4.69, 9.17) is 4.74 Å². The van der Waals surface area contributed by atoms with Crippen molar-refractivity contribution in [3.05, 3.63) is 35.4 Å². The molecule has 25 heavy (non-hydrogen) atoms. The normalized spacial score (nSPS) is 12.0. The number of hydrogen-bond acceptors (Lipinski definition) is 3. The predicted octanol–water partition coefficient (Wildman–Crippen LogP) is 1.48. The summed E-state index contributed by atoms with van der Waals surface area (Å²) in [7, 11) is 4.84. The van der Waals surface area contributed by atoms with Gasteiger partial charge in [-0.3, -0.25) is 4.79 Å². The molecule has 0 saturated carbocycles. The van der Waals surface area contributed by atoms with Gasteiger partial charge in [0.2, 0.25) is 5.91 Å². The number of benzene rings is 1. The van der Waals surface area contributed by atoms with Gasteiger partial charge in [0.05, 0.1) is 25.3 Å². The minimum Gasteiger partial charge on any atom is -0.383 e. The molecule has 0 aliphatic heterocycles. The van der Waals surface area contributed by atoms with Gasteiger partial charge in [-0.1, -0.05) is 12.1 Å². The summed E-state index contributed by atoms with van der Waals surface area (Å²) in [4.78, 5) is 17.3. The van der Waals surface area contributed by atoms with Crippen LogP contribution >= 0.6 is 0 Å². The minimum atomic E-state index is -4.36. The van der Waals surface area contributed by atoms with Crippen molar-refractivity contribution >= 4 is 11.9 Å². The number of halogens is 3. The third-order valence-corrected chi connectivity index (χ3v) is 3.21. The topological polar surface area (TPSA) is 66.0 Å². The van der Waals surface area contributed by atoms with Crippen molar-refractivity contribution in [2.45, 2.75) is 12.7 Å². The summed E-state index contributed by atoms with van der Waals surface area (Å²) in [6, 6.07) is 4.80. The van der Waals surface area contributed by atoms with Crippen molar-refractivity contribution in [2.75, 3.05) is 40.9 Å². The average molecular weight is 360 g/mol. The quantitative estimate of drug-likeness (QED) is 0.439. The summed E-state index contributed by atoms with van der Waals surface area (Å²) >= 11 is 0. The fraction of sp³-hybridized carbons (Fsp3) is 0.500. The molecule has 0 fully saturated rings. The van der Waals surface area contributed by atoms with Crippen molar-refractivity contribution in [1.82, 2.24) is 15.5 Å². The lowest BCUT2D eigenvalue weighted by Gasteiger charge is -2.15. The Morgan fingerprint density at radius 2 is 1.84 bits per heavy atom. The van der Waals surface area contributed by atoms with Crippen molar-refractivity contribution in [3.63, 3.8) is 0 Å². The molecule has 1 aromatic rings. The van der Waals surface area contributed by atoms with Crippen molar-refractivity contribution in [3.8, 4) is 0 Å². The summed E-state index contributed by atoms with van der Waals surface area (Å²) in [5.41, 5.74) is -0.0758. The van der Waals surface area contributed by atoms with E-state index in [9.17, 15) is 18.0 Å². The minimum absolute atomic E-state index is 0.0544. The van der Waals surface area contributed by atoms with Crippen LogP contribution in [0.1, 0.15) is 11.1 Å². The van der Waals surface area contributed by atoms with E-state index in [0.717, 1.165) is 12.1 Å². The zero-order chi connectivity index (χ0) is 18.9. The van der Waals surface area contributed by atoms with Crippen molar-refractivity contribution in [2.24, 2.45) is 4.99 Å². The highest BCUT2D eigenvalue weighted by Crippen LogP contribution is 2.29. The molecule has 2 N–H and O–H groups in total. The summed E-state index contributed by atoms with van der Waals surface area (Å²) in [5, 5.41) is 5.86. The first-order chi connectivity index (χ1) is 11.7. The Kier molecular flexibility index (Phi) is 8.20. The van der Waals surface area contributed by atoms with Gasteiger partial charge in [0.1, 0.15) is 0 Å². The fourth-order valence-corrected chi connectivity index (χ4v) is 1.73. The number of amides is 1. The van der Waals surface area contributed by atoms with Crippen molar-refractivity contribution in [1.29, 1.82) is 0 Å². The highest BCUT2D eigenvalue weighted by molar-refractivity contribution is 5.86. The summed E-state index contributed by atoms with van der Waals surface area (Å²) in [6.07, 6.45) is -4.36. The zero-order valence-electron chi connectivity index (χ0n) is 14.5. The second-order valence-electron chi connectivity index (χ2n) is 5.42. The van der Waals surface area contributed by atoms with Gasteiger partial charge in [-0.05, 0) is 17.7 Å². The molecule has 6 nitrogen and oxygen atoms in total. The van der Waals surface area contributed by atoms with Crippen LogP contribution in [0, 0.1) is 0 Å². The number of guanidine groups is 1. The number of nitrogens with one attached hydrogen (secondary N) is 2. The number of nitrogens with zero attached hydrogens (tertiary/aromatic N) is 2. The third-order valence-electron chi connectivity index (χ3n) is 3.21. The Labute approximate surface area is 145 Å². The van der Waals surface area contributed by atoms with E-state index in [1.807, 2.05) is 0 Å². The number of methoxy groups -OCH3 is 1. The number of aliphatic imine (C=N–C) groups is 1. The number of likely N-dealkylation sites (N-methyl/N-ethyl adjacent to an activating group) is 1. The average Bonchev–Trinajstić information content (AvgIpc) is 2.56. The summed E-state index contributed by atoms with van der Waals surface area (Å²) in [5.74, 6) is 0.253. The zero-order valence-corrected chi connectivity index (χ0v) is 14.5. The molecule has 0 spiro atoms. The van der Waals surface area contributed by atoms with Crippen LogP contribution in [0.15, 0.2) is 29.3 Å². The van der Waals surface area contributed by atoms with Gasteiger partial charge in [0.15, 0.2) is 5.96 Å². The van der Waals surface area contributed by atoms with E-state index in [2.05, 4.69) is 15.6 Å². The second-order valence-corrected chi connectivity index (χ2v) is 5.42. The van der Waals surface area contributed by atoms with Crippen LogP contribution in [0.5, 0.6) is 0 Å². The Morgan fingerprint density at radius 3 is 2.36 bits per heavy atom. The van der Waals surface area contributed by atoms with Gasteiger partial charge >= 0.3 is 6.18 Å². The first-order valence-corrected chi connectivity index (χ1v) is 7.61. The maximum Gasteiger partial charge on any atom is 0.416 e. The molecule has 0 atom stereocenters. The monoisotopic (exact) mass is 360 g/mol. The Morgan fingerprint density at radius 1 is 1.20 bits per heavy atom. The van der Waals surface area contributed by atoms with E-state index in [0.29, 0.717) is 24.7 Å². The van der Waals surface area contributed by atoms with E-state index in [-0.39, 0.29) is 19.0 Å². The van der Waals surface area contributed by atoms with Crippen LogP contribution < -0.4 is 10.6 Å². The Hall–Kier alpha value is -2.29. The lowest BCUT2D eigenvalue weighted by Crippen LogP contribution is -2.43. The van der Waals surface area contributed by atoms with Gasteiger partial charge in [0.25, 0.3) is 0 Å². The molecule has 0 saturated heterocycles. The van der Waals surface area contributed by atoms with Crippen LogP contribution in [-0.4, -0.2) is 57.7 Å². The summed E-state index contributed by atoms with van der Waals surface area (Å²) < 4.78 is 42.6. The van der Waals surface area contributed by atoms with Crippen LogP contribution in [-0.2, 0) is 22.3 Å². The first-order valence-electron chi connectivity index (χ1n) is 7.61. The number of carbonyl (C=O) groups excluding carboxylic acids is 1. The molecule has 0 radical (unpaired) electrons. The van der Waals surface area contributed by atoms with Gasteiger partial charge in [0, 0.05) is 27.7 Å². The molecule has 1 aromatic carbocycles. The molecule has 0 heterocycles. The van der Waals surface area contributed by atoms with Gasteiger partial charge in [-0.25, -0.2) is 4.99 Å². The lowest BCUT2D eigenvalue weighted by molar-refractivity contribution is -0.137. The standard InChI is InChI=1S/C16H23F3N4O2/c1-23(2)14(24)11-22-15(20-8-9-25-3)21-10-12-4-6-13(7-5-12)16(17,18)19/h4-7H,8-11H2,1-3H3,(H2,20,21,22). The number of hydrogen-bond donors (Lipinski definition) is 2. The number of rotatable bonds is 7. The number of alkyl halides is 3. The molecular formula is C16H23F3N4O2. The maximum atomic E-state index is 12.6. The molecular weight excluding hydrogens is 337 g/mol. The molecule has 0 unspecified atom stereocenters. The van der Waals surface area contributed by atoms with Crippen LogP contribution in [0.3, 0.4) is 0 Å². The van der Waals surface area contributed by atoms with Gasteiger partial charge in [-0.15, -0.1) is 0 Å². The van der Waals surface area contributed by atoms with Crippen LogP contribution in [0.2, 0.25) is 0 Å². The maximum absolute atomic E-state index is 12.6. The molecule has 0 bridgehead atoms. The molecule has 0 aromatic heterocycles. The second kappa shape index (κ2) is 9.87. The Bertz CT molecular complexity index is 572. The van der Waals surface area contributed by atoms with E-state index in [1.165, 1.54) is 17.0 Å². The first kappa shape index (κ1) is 20.8. The highest BCUT2D eigenvalue weighted by atomic mass is 19.4. The highest BCUT2D eigenvalue weighted by Gasteiger charge is 2.29. The van der Waals surface area contributed by atoms with Crippen LogP contribution in [0.4, 0.5) is 13.2 Å². The summed E-state index contributed by atoms with van der Waals surface area (Å²) in [6.45, 7) is 1.16. The van der Waals surface area contributed by atoms with Gasteiger partial charge < -0.3 is 20.3 Å². The van der Waals surface area contributed by atoms with E-state index in [1.54, 1.807) is 21.2 Å². The molecule has 0 aliphatic rings. The molecule has 140 valence electrons. The molecule has 1 amide bonds. The molecule has 1 rings (SSSR count). The number of ether oxygens (including phenoxy) is 1. The molecule has 9 heteroatoms. The van der Waals surface area contributed by atoms with Crippen LogP contribution in [0.25, 0.3) is 0 Å². The number of carbonyl (C=O) groups is 1.